The van der Waals surface area contributed by atoms with E-state index in [1.807, 2.05) is 39.8 Å². The van der Waals surface area contributed by atoms with Crippen molar-refractivity contribution in [1.82, 2.24) is 0 Å². The molecule has 1 heterocycles. The fraction of sp³-hybridized carbons (Fsp3) is 0.400. The summed E-state index contributed by atoms with van der Waals surface area (Å²) in [5.41, 5.74) is 1.59. The fourth-order valence-corrected chi connectivity index (χ4v) is 1.98. The summed E-state index contributed by atoms with van der Waals surface area (Å²) in [6.07, 6.45) is 1.67. The van der Waals surface area contributed by atoms with Gasteiger partial charge in [-0.25, -0.2) is 0 Å². The van der Waals surface area contributed by atoms with Crippen molar-refractivity contribution >= 4 is 18.7 Å². The molecule has 1 saturated heterocycles. The monoisotopic (exact) mass is 255 g/mol. The smallest absolute Gasteiger partial charge is 0.399 e. The molecule has 0 amide bonds. The summed E-state index contributed by atoms with van der Waals surface area (Å²) in [6.45, 7) is 11.8. The van der Waals surface area contributed by atoms with E-state index in [0.29, 0.717) is 5.56 Å². The quantitative estimate of drug-likeness (QED) is 0.762. The maximum Gasteiger partial charge on any atom is 0.494 e. The molecule has 0 bridgehead atoms. The lowest BCUT2D eigenvalue weighted by Gasteiger charge is -2.32. The summed E-state index contributed by atoms with van der Waals surface area (Å²) in [5.74, 6) is 0. The molecule has 4 heteroatoms. The van der Waals surface area contributed by atoms with Gasteiger partial charge in [-0.1, -0.05) is 24.8 Å². The second-order valence-corrected chi connectivity index (χ2v) is 5.75. The topological polar surface area (TPSA) is 42.2 Å². The molecule has 0 aliphatic carbocycles. The standard InChI is InChI=1S/C15H18BNO2/c1-6-11-9-13(8-7-12(11)10-17)16-18-14(2,3)15(4,5)19-16/h6-9H,1H2,2-5H3. The van der Waals surface area contributed by atoms with Crippen molar-refractivity contribution in [3.8, 4) is 6.07 Å². The van der Waals surface area contributed by atoms with Gasteiger partial charge in [-0.3, -0.25) is 0 Å². The van der Waals surface area contributed by atoms with Crippen LogP contribution in [0.25, 0.3) is 6.08 Å². The lowest BCUT2D eigenvalue weighted by Crippen LogP contribution is -2.41. The van der Waals surface area contributed by atoms with E-state index in [9.17, 15) is 0 Å². The number of hydrogen-bond acceptors (Lipinski definition) is 3. The van der Waals surface area contributed by atoms with E-state index in [1.165, 1.54) is 0 Å². The molecule has 3 nitrogen and oxygen atoms in total. The fourth-order valence-electron chi connectivity index (χ4n) is 1.98. The van der Waals surface area contributed by atoms with E-state index in [4.69, 9.17) is 14.6 Å². The van der Waals surface area contributed by atoms with Crippen molar-refractivity contribution in [2.24, 2.45) is 0 Å². The first-order valence-corrected chi connectivity index (χ1v) is 6.33. The van der Waals surface area contributed by atoms with E-state index in [-0.39, 0.29) is 11.2 Å². The molecular formula is C15H18BNO2. The second kappa shape index (κ2) is 4.52. The van der Waals surface area contributed by atoms with Crippen molar-refractivity contribution in [3.63, 3.8) is 0 Å². The first-order valence-electron chi connectivity index (χ1n) is 6.33. The third-order valence-electron chi connectivity index (χ3n) is 3.94. The Morgan fingerprint density at radius 1 is 1.21 bits per heavy atom. The van der Waals surface area contributed by atoms with Crippen LogP contribution in [0.15, 0.2) is 24.8 Å². The largest absolute Gasteiger partial charge is 0.494 e. The van der Waals surface area contributed by atoms with Gasteiger partial charge >= 0.3 is 7.12 Å². The zero-order valence-corrected chi connectivity index (χ0v) is 11.9. The Bertz CT molecular complexity index is 542. The van der Waals surface area contributed by atoms with Gasteiger partial charge in [0.25, 0.3) is 0 Å². The highest BCUT2D eigenvalue weighted by Crippen LogP contribution is 2.36. The van der Waals surface area contributed by atoms with Crippen LogP contribution in [-0.4, -0.2) is 18.3 Å². The predicted molar refractivity (Wildman–Crippen MR) is 77.0 cm³/mol. The first kappa shape index (κ1) is 13.9. The Morgan fingerprint density at radius 3 is 2.26 bits per heavy atom. The molecule has 0 spiro atoms. The molecule has 0 unspecified atom stereocenters. The molecule has 1 fully saturated rings. The molecular weight excluding hydrogens is 237 g/mol. The first-order chi connectivity index (χ1) is 8.80. The lowest BCUT2D eigenvalue weighted by atomic mass is 9.78. The molecule has 19 heavy (non-hydrogen) atoms. The van der Waals surface area contributed by atoms with Crippen LogP contribution >= 0.6 is 0 Å². The van der Waals surface area contributed by atoms with Crippen LogP contribution < -0.4 is 5.46 Å². The Hall–Kier alpha value is -1.57. The molecule has 1 aromatic rings. The van der Waals surface area contributed by atoms with Crippen LogP contribution in [0.2, 0.25) is 0 Å². The van der Waals surface area contributed by atoms with Crippen LogP contribution in [0.3, 0.4) is 0 Å². The third-order valence-corrected chi connectivity index (χ3v) is 3.94. The Kier molecular flexibility index (Phi) is 3.30. The number of rotatable bonds is 2. The molecule has 0 radical (unpaired) electrons. The van der Waals surface area contributed by atoms with Gasteiger partial charge < -0.3 is 9.31 Å². The van der Waals surface area contributed by atoms with E-state index >= 15 is 0 Å². The molecule has 2 rings (SSSR count). The van der Waals surface area contributed by atoms with Crippen LogP contribution in [0.5, 0.6) is 0 Å². The van der Waals surface area contributed by atoms with E-state index in [2.05, 4.69) is 12.6 Å². The molecule has 1 aromatic carbocycles. The van der Waals surface area contributed by atoms with E-state index in [1.54, 1.807) is 12.1 Å². The average molecular weight is 255 g/mol. The van der Waals surface area contributed by atoms with E-state index in [0.717, 1.165) is 11.0 Å². The Balaban J connectivity index is 2.36. The van der Waals surface area contributed by atoms with Crippen LogP contribution in [0.4, 0.5) is 0 Å². The molecule has 0 N–H and O–H groups in total. The number of hydrogen-bond donors (Lipinski definition) is 0. The minimum absolute atomic E-state index is 0.361. The van der Waals surface area contributed by atoms with Crippen molar-refractivity contribution in [1.29, 1.82) is 5.26 Å². The maximum atomic E-state index is 9.01. The summed E-state index contributed by atoms with van der Waals surface area (Å²) >= 11 is 0. The van der Waals surface area contributed by atoms with Gasteiger partial charge in [-0.15, -0.1) is 0 Å². The van der Waals surface area contributed by atoms with Crippen molar-refractivity contribution in [3.05, 3.63) is 35.9 Å². The normalized spacial score (nSPS) is 20.1. The van der Waals surface area contributed by atoms with Crippen molar-refractivity contribution < 1.29 is 9.31 Å². The van der Waals surface area contributed by atoms with Gasteiger partial charge in [-0.05, 0) is 44.8 Å². The Labute approximate surface area is 115 Å². The number of benzene rings is 1. The van der Waals surface area contributed by atoms with Crippen molar-refractivity contribution in [2.45, 2.75) is 38.9 Å². The van der Waals surface area contributed by atoms with Crippen LogP contribution in [0, 0.1) is 11.3 Å². The molecule has 0 aromatic heterocycles. The van der Waals surface area contributed by atoms with Gasteiger partial charge in [0.05, 0.1) is 22.8 Å². The molecule has 98 valence electrons. The lowest BCUT2D eigenvalue weighted by molar-refractivity contribution is 0.00578. The minimum atomic E-state index is -0.406. The SMILES string of the molecule is C=Cc1cc(B2OC(C)(C)C(C)(C)O2)ccc1C#N. The third kappa shape index (κ3) is 2.32. The molecule has 0 saturated carbocycles. The molecule has 1 aliphatic rings. The zero-order valence-electron chi connectivity index (χ0n) is 11.9. The van der Waals surface area contributed by atoms with Gasteiger partial charge in [0, 0.05) is 0 Å². The minimum Gasteiger partial charge on any atom is -0.399 e. The molecule has 1 aliphatic heterocycles. The van der Waals surface area contributed by atoms with Gasteiger partial charge in [0.1, 0.15) is 0 Å². The summed E-state index contributed by atoms with van der Waals surface area (Å²) in [5, 5.41) is 9.01. The number of nitriles is 1. The van der Waals surface area contributed by atoms with Gasteiger partial charge in [0.15, 0.2) is 0 Å². The maximum absolute atomic E-state index is 9.01. The zero-order chi connectivity index (χ0) is 14.3. The number of nitrogens with zero attached hydrogens (tertiary/aromatic N) is 1. The van der Waals surface area contributed by atoms with Crippen LogP contribution in [-0.2, 0) is 9.31 Å². The Morgan fingerprint density at radius 2 is 1.79 bits per heavy atom. The van der Waals surface area contributed by atoms with E-state index < -0.39 is 7.12 Å². The van der Waals surface area contributed by atoms with Gasteiger partial charge in [-0.2, -0.15) is 5.26 Å². The predicted octanol–water partition coefficient (Wildman–Crippen LogP) is 2.50. The van der Waals surface area contributed by atoms with Crippen LogP contribution in [0.1, 0.15) is 38.8 Å². The highest BCUT2D eigenvalue weighted by atomic mass is 16.7. The average Bonchev–Trinajstić information content (AvgIpc) is 2.57. The summed E-state index contributed by atoms with van der Waals surface area (Å²) in [7, 11) is -0.406. The highest BCUT2D eigenvalue weighted by Gasteiger charge is 2.51. The summed E-state index contributed by atoms with van der Waals surface area (Å²) in [6, 6.07) is 7.68. The summed E-state index contributed by atoms with van der Waals surface area (Å²) in [4.78, 5) is 0. The summed E-state index contributed by atoms with van der Waals surface area (Å²) < 4.78 is 12.0. The highest BCUT2D eigenvalue weighted by molar-refractivity contribution is 6.62. The van der Waals surface area contributed by atoms with Gasteiger partial charge in [0.2, 0.25) is 0 Å². The van der Waals surface area contributed by atoms with Crippen molar-refractivity contribution in [2.75, 3.05) is 0 Å². The second-order valence-electron chi connectivity index (χ2n) is 5.75. The molecule has 0 atom stereocenters.